The molecule has 0 saturated carbocycles. The third-order valence-corrected chi connectivity index (χ3v) is 7.55. The number of anilines is 1. The second kappa shape index (κ2) is 7.05. The van der Waals surface area contributed by atoms with Gasteiger partial charge in [-0.3, -0.25) is 10.1 Å². The Morgan fingerprint density at radius 3 is 2.35 bits per heavy atom. The van der Waals surface area contributed by atoms with E-state index in [0.29, 0.717) is 23.2 Å². The van der Waals surface area contributed by atoms with Crippen LogP contribution in [0.3, 0.4) is 0 Å². The van der Waals surface area contributed by atoms with Crippen LogP contribution in [-0.4, -0.2) is 48.6 Å². The number of hydrogen-bond acceptors (Lipinski definition) is 7. The smallest absolute Gasteiger partial charge is 0.247 e. The lowest BCUT2D eigenvalue weighted by Gasteiger charge is -2.33. The largest absolute Gasteiger partial charge is 0.317 e. The second-order valence-electron chi connectivity index (χ2n) is 6.76. The van der Waals surface area contributed by atoms with Crippen molar-refractivity contribution in [1.82, 2.24) is 15.5 Å². The fourth-order valence-electron chi connectivity index (χ4n) is 3.30. The number of amides is 1. The molecule has 1 amide bonds. The van der Waals surface area contributed by atoms with Crippen molar-refractivity contribution in [2.45, 2.75) is 31.4 Å². The van der Waals surface area contributed by atoms with Gasteiger partial charge >= 0.3 is 0 Å². The van der Waals surface area contributed by atoms with E-state index in [-0.39, 0.29) is 12.8 Å². The first-order valence-electron chi connectivity index (χ1n) is 8.35. The maximum Gasteiger partial charge on any atom is 0.247 e. The summed E-state index contributed by atoms with van der Waals surface area (Å²) in [6.45, 7) is 5.00. The van der Waals surface area contributed by atoms with Crippen LogP contribution in [0.2, 0.25) is 0 Å². The van der Waals surface area contributed by atoms with Crippen LogP contribution in [0.1, 0.15) is 24.0 Å². The summed E-state index contributed by atoms with van der Waals surface area (Å²) in [4.78, 5) is 12.8. The number of carbonyl (C=O) groups excluding carboxylic acids is 1. The number of sulfone groups is 1. The molecule has 140 valence electrons. The van der Waals surface area contributed by atoms with Gasteiger partial charge in [0.1, 0.15) is 5.01 Å². The lowest BCUT2D eigenvalue weighted by Crippen LogP contribution is -2.55. The number of hydrogen-bond donors (Lipinski definition) is 2. The molecule has 1 aromatic carbocycles. The normalized spacial score (nSPS) is 17.0. The zero-order valence-electron chi connectivity index (χ0n) is 15.0. The molecule has 26 heavy (non-hydrogen) atoms. The van der Waals surface area contributed by atoms with E-state index in [1.165, 1.54) is 11.3 Å². The standard InChI is InChI=1S/C17H22N4O3S2/c1-11-8-12(2)10-13(9-11)14-20-21-16(25-14)19-15(22)17(26(3,23)24)4-6-18-7-5-17/h8-10,18H,4-7H2,1-3H3,(H,19,21,22). The van der Waals surface area contributed by atoms with Crippen molar-refractivity contribution in [3.8, 4) is 10.6 Å². The van der Waals surface area contributed by atoms with E-state index in [1.807, 2.05) is 26.0 Å². The molecule has 1 saturated heterocycles. The molecular formula is C17H22N4O3S2. The summed E-state index contributed by atoms with van der Waals surface area (Å²) in [5.74, 6) is -0.523. The number of nitrogens with one attached hydrogen (secondary N) is 2. The van der Waals surface area contributed by atoms with Crippen LogP contribution in [-0.2, 0) is 14.6 Å². The van der Waals surface area contributed by atoms with Crippen molar-refractivity contribution in [3.63, 3.8) is 0 Å². The van der Waals surface area contributed by atoms with Gasteiger partial charge in [-0.1, -0.05) is 28.5 Å². The van der Waals surface area contributed by atoms with E-state index in [4.69, 9.17) is 0 Å². The van der Waals surface area contributed by atoms with Crippen molar-refractivity contribution in [1.29, 1.82) is 0 Å². The van der Waals surface area contributed by atoms with Gasteiger partial charge in [0.25, 0.3) is 0 Å². The Morgan fingerprint density at radius 1 is 1.15 bits per heavy atom. The van der Waals surface area contributed by atoms with Crippen LogP contribution in [0.25, 0.3) is 10.6 Å². The summed E-state index contributed by atoms with van der Waals surface area (Å²) >= 11 is 1.24. The van der Waals surface area contributed by atoms with Crippen LogP contribution in [0.15, 0.2) is 18.2 Å². The van der Waals surface area contributed by atoms with Crippen molar-refractivity contribution in [2.75, 3.05) is 24.7 Å². The first-order valence-corrected chi connectivity index (χ1v) is 11.1. The minimum atomic E-state index is -3.56. The molecule has 0 aliphatic carbocycles. The first kappa shape index (κ1) is 18.9. The summed E-state index contributed by atoms with van der Waals surface area (Å²) in [5.41, 5.74) is 3.17. The van der Waals surface area contributed by atoms with E-state index in [9.17, 15) is 13.2 Å². The van der Waals surface area contributed by atoms with E-state index < -0.39 is 20.5 Å². The fourth-order valence-corrected chi connectivity index (χ4v) is 5.36. The molecule has 1 aromatic heterocycles. The van der Waals surface area contributed by atoms with Gasteiger partial charge in [0, 0.05) is 11.8 Å². The van der Waals surface area contributed by atoms with Crippen molar-refractivity contribution in [2.24, 2.45) is 0 Å². The lowest BCUT2D eigenvalue weighted by molar-refractivity contribution is -0.119. The van der Waals surface area contributed by atoms with Crippen LogP contribution < -0.4 is 10.6 Å². The number of benzene rings is 1. The van der Waals surface area contributed by atoms with E-state index in [2.05, 4.69) is 26.9 Å². The van der Waals surface area contributed by atoms with Crippen molar-refractivity contribution >= 4 is 32.2 Å². The summed E-state index contributed by atoms with van der Waals surface area (Å²) in [6.07, 6.45) is 1.62. The third-order valence-electron chi connectivity index (χ3n) is 4.65. The predicted molar refractivity (Wildman–Crippen MR) is 103 cm³/mol. The Labute approximate surface area is 157 Å². The summed E-state index contributed by atoms with van der Waals surface area (Å²) in [6, 6.07) is 6.08. The molecule has 2 aromatic rings. The Morgan fingerprint density at radius 2 is 1.77 bits per heavy atom. The monoisotopic (exact) mass is 394 g/mol. The van der Waals surface area contributed by atoms with Crippen LogP contribution in [0.5, 0.6) is 0 Å². The fraction of sp³-hybridized carbons (Fsp3) is 0.471. The number of rotatable bonds is 4. The predicted octanol–water partition coefficient (Wildman–Crippen LogP) is 1.93. The lowest BCUT2D eigenvalue weighted by atomic mass is 9.96. The van der Waals surface area contributed by atoms with Gasteiger partial charge in [0.05, 0.1) is 0 Å². The molecule has 1 aliphatic heterocycles. The van der Waals surface area contributed by atoms with E-state index in [1.54, 1.807) is 0 Å². The van der Waals surface area contributed by atoms with Gasteiger partial charge in [-0.05, 0) is 51.9 Å². The minimum absolute atomic E-state index is 0.250. The highest BCUT2D eigenvalue weighted by atomic mass is 32.2. The Bertz CT molecular complexity index is 911. The van der Waals surface area contributed by atoms with Crippen molar-refractivity contribution < 1.29 is 13.2 Å². The van der Waals surface area contributed by atoms with Gasteiger partial charge < -0.3 is 5.32 Å². The zero-order valence-corrected chi connectivity index (χ0v) is 16.6. The molecule has 1 aliphatic rings. The van der Waals surface area contributed by atoms with Gasteiger partial charge in [-0.2, -0.15) is 0 Å². The molecule has 0 spiro atoms. The molecule has 0 radical (unpaired) electrons. The van der Waals surface area contributed by atoms with Gasteiger partial charge in [0.2, 0.25) is 11.0 Å². The van der Waals surface area contributed by atoms with Crippen LogP contribution in [0, 0.1) is 13.8 Å². The van der Waals surface area contributed by atoms with Crippen LogP contribution in [0.4, 0.5) is 5.13 Å². The quantitative estimate of drug-likeness (QED) is 0.822. The molecule has 1 fully saturated rings. The molecule has 9 heteroatoms. The number of aromatic nitrogens is 2. The highest BCUT2D eigenvalue weighted by Gasteiger charge is 2.48. The Hall–Kier alpha value is -1.84. The molecule has 2 N–H and O–H groups in total. The summed E-state index contributed by atoms with van der Waals surface area (Å²) < 4.78 is 23.2. The molecule has 0 bridgehead atoms. The summed E-state index contributed by atoms with van der Waals surface area (Å²) in [7, 11) is -3.56. The van der Waals surface area contributed by atoms with Crippen LogP contribution >= 0.6 is 11.3 Å². The van der Waals surface area contributed by atoms with Gasteiger partial charge in [-0.15, -0.1) is 10.2 Å². The SMILES string of the molecule is Cc1cc(C)cc(-c2nnc(NC(=O)C3(S(C)(=O)=O)CCNCC3)s2)c1. The Balaban J connectivity index is 1.85. The number of carbonyl (C=O) groups is 1. The molecule has 2 heterocycles. The maximum absolute atomic E-state index is 12.8. The van der Waals surface area contributed by atoms with Crippen molar-refractivity contribution in [3.05, 3.63) is 29.3 Å². The molecule has 0 atom stereocenters. The number of piperidine rings is 1. The molecule has 7 nitrogen and oxygen atoms in total. The zero-order chi connectivity index (χ0) is 18.9. The van der Waals surface area contributed by atoms with E-state index >= 15 is 0 Å². The second-order valence-corrected chi connectivity index (χ2v) is 10.1. The van der Waals surface area contributed by atoms with Gasteiger partial charge in [-0.25, -0.2) is 8.42 Å². The summed E-state index contributed by atoms with van der Waals surface area (Å²) in [5, 5.41) is 14.9. The molecule has 3 rings (SSSR count). The molecular weight excluding hydrogens is 372 g/mol. The number of aryl methyl sites for hydroxylation is 2. The average molecular weight is 395 g/mol. The first-order chi connectivity index (χ1) is 12.2. The highest BCUT2D eigenvalue weighted by molar-refractivity contribution is 7.92. The van der Waals surface area contributed by atoms with E-state index in [0.717, 1.165) is 22.9 Å². The highest BCUT2D eigenvalue weighted by Crippen LogP contribution is 2.32. The third kappa shape index (κ3) is 3.65. The number of nitrogens with zero attached hydrogens (tertiary/aromatic N) is 2. The molecule has 0 unspecified atom stereocenters. The average Bonchev–Trinajstić information content (AvgIpc) is 3.02. The topological polar surface area (TPSA) is 101 Å². The Kier molecular flexibility index (Phi) is 5.14. The maximum atomic E-state index is 12.8. The van der Waals surface area contributed by atoms with Gasteiger partial charge in [0.15, 0.2) is 14.6 Å². The minimum Gasteiger partial charge on any atom is -0.317 e.